The van der Waals surface area contributed by atoms with Crippen LogP contribution in [-0.4, -0.2) is 64.6 Å². The lowest BCUT2D eigenvalue weighted by molar-refractivity contribution is -0.165. The first-order chi connectivity index (χ1) is 15.7. The van der Waals surface area contributed by atoms with Crippen LogP contribution in [0.3, 0.4) is 0 Å². The maximum Gasteiger partial charge on any atom is 0.327 e. The van der Waals surface area contributed by atoms with E-state index in [9.17, 15) is 23.6 Å². The molecule has 3 N–H and O–H groups in total. The third-order valence-corrected chi connectivity index (χ3v) is 6.47. The van der Waals surface area contributed by atoms with E-state index in [1.807, 2.05) is 11.8 Å². The lowest BCUT2D eigenvalue weighted by atomic mass is 9.85. The zero-order valence-electron chi connectivity index (χ0n) is 18.0. The molecule has 11 heteroatoms. The Morgan fingerprint density at radius 3 is 2.73 bits per heavy atom. The lowest BCUT2D eigenvalue weighted by Crippen LogP contribution is -2.59. The van der Waals surface area contributed by atoms with Gasteiger partial charge in [0.2, 0.25) is 5.91 Å². The van der Waals surface area contributed by atoms with Crippen LogP contribution in [0.1, 0.15) is 25.3 Å². The summed E-state index contributed by atoms with van der Waals surface area (Å²) in [7, 11) is 0. The van der Waals surface area contributed by atoms with E-state index in [0.717, 1.165) is 5.69 Å². The van der Waals surface area contributed by atoms with E-state index >= 15 is 0 Å². The number of rotatable bonds is 5. The van der Waals surface area contributed by atoms with Gasteiger partial charge in [-0.05, 0) is 31.0 Å². The number of nitrogens with zero attached hydrogens (tertiary/aromatic N) is 4. The van der Waals surface area contributed by atoms with Gasteiger partial charge in [0, 0.05) is 37.8 Å². The summed E-state index contributed by atoms with van der Waals surface area (Å²) < 4.78 is 29.1. The minimum atomic E-state index is -3.52. The Labute approximate surface area is 188 Å². The van der Waals surface area contributed by atoms with Gasteiger partial charge in [0.1, 0.15) is 17.1 Å². The molecule has 4 atom stereocenters. The number of nitriles is 1. The van der Waals surface area contributed by atoms with Gasteiger partial charge in [0.25, 0.3) is 5.92 Å². The molecule has 1 amide bonds. The SMILES string of the molecule is C[C@@H]1CN(c2ccc(C#N)c3nccnc23)C[C@@H]1NC(=O)CC1CCNC(C(=O)O)C1(F)F. The number of amides is 1. The zero-order chi connectivity index (χ0) is 23.8. The van der Waals surface area contributed by atoms with Gasteiger partial charge < -0.3 is 15.3 Å². The maximum atomic E-state index is 14.6. The number of nitrogens with one attached hydrogen (secondary N) is 2. The molecule has 2 aromatic rings. The fourth-order valence-electron chi connectivity index (χ4n) is 4.69. The molecule has 0 saturated carbocycles. The summed E-state index contributed by atoms with van der Waals surface area (Å²) in [6.45, 7) is 3.13. The molecular weight excluding hydrogens is 434 g/mol. The molecule has 1 aromatic carbocycles. The van der Waals surface area contributed by atoms with Crippen molar-refractivity contribution >= 4 is 28.6 Å². The van der Waals surface area contributed by atoms with Gasteiger partial charge in [0.15, 0.2) is 6.04 Å². The van der Waals surface area contributed by atoms with Gasteiger partial charge >= 0.3 is 5.97 Å². The van der Waals surface area contributed by atoms with E-state index < -0.39 is 36.2 Å². The van der Waals surface area contributed by atoms with Crippen LogP contribution < -0.4 is 15.5 Å². The van der Waals surface area contributed by atoms with Crippen molar-refractivity contribution in [2.45, 2.75) is 37.8 Å². The van der Waals surface area contributed by atoms with Crippen molar-refractivity contribution in [1.82, 2.24) is 20.6 Å². The number of aromatic nitrogens is 2. The van der Waals surface area contributed by atoms with Gasteiger partial charge in [-0.25, -0.2) is 8.78 Å². The number of carbonyl (C=O) groups excluding carboxylic acids is 1. The third kappa shape index (κ3) is 4.30. The lowest BCUT2D eigenvalue weighted by Gasteiger charge is -2.36. The fourth-order valence-corrected chi connectivity index (χ4v) is 4.69. The number of aliphatic carboxylic acids is 1. The van der Waals surface area contributed by atoms with Crippen LogP contribution in [0.5, 0.6) is 0 Å². The highest BCUT2D eigenvalue weighted by atomic mass is 19.3. The first kappa shape index (κ1) is 22.8. The zero-order valence-corrected chi connectivity index (χ0v) is 18.0. The standard InChI is InChI=1S/C22H24F2N6O3/c1-12-10-30(16-3-2-13(9-25)18-19(16)27-7-6-26-18)11-15(12)29-17(31)8-14-4-5-28-20(21(32)33)22(14,23)24/h2-3,6-7,12,14-15,20,28H,4-5,8,10-11H2,1H3,(H,29,31)(H,32,33)/t12-,14?,15+,20?/m1/s1. The molecule has 0 aliphatic carbocycles. The van der Waals surface area contributed by atoms with Crippen LogP contribution in [0, 0.1) is 23.2 Å². The molecule has 9 nitrogen and oxygen atoms in total. The smallest absolute Gasteiger partial charge is 0.327 e. The fraction of sp³-hybridized carbons (Fsp3) is 0.500. The molecule has 2 unspecified atom stereocenters. The Balaban J connectivity index is 1.45. The number of anilines is 1. The molecule has 33 heavy (non-hydrogen) atoms. The topological polar surface area (TPSA) is 131 Å². The van der Waals surface area contributed by atoms with Crippen molar-refractivity contribution in [1.29, 1.82) is 5.26 Å². The second-order valence-electron chi connectivity index (χ2n) is 8.64. The number of carboxylic acids is 1. The monoisotopic (exact) mass is 458 g/mol. The number of hydrogen-bond donors (Lipinski definition) is 3. The summed E-state index contributed by atoms with van der Waals surface area (Å²) in [6, 6.07) is 3.32. The summed E-state index contributed by atoms with van der Waals surface area (Å²) in [5.41, 5.74) is 2.29. The molecule has 4 rings (SSSR count). The van der Waals surface area contributed by atoms with Crippen molar-refractivity contribution in [3.63, 3.8) is 0 Å². The molecule has 0 bridgehead atoms. The highest BCUT2D eigenvalue weighted by molar-refractivity contribution is 5.92. The summed E-state index contributed by atoms with van der Waals surface area (Å²) in [5, 5.41) is 23.6. The minimum absolute atomic E-state index is 0.0203. The molecule has 0 spiro atoms. The second kappa shape index (κ2) is 8.86. The molecule has 174 valence electrons. The van der Waals surface area contributed by atoms with E-state index in [1.54, 1.807) is 18.3 Å². The molecule has 3 heterocycles. The number of alkyl halides is 2. The molecule has 2 aliphatic heterocycles. The first-order valence-corrected chi connectivity index (χ1v) is 10.7. The van der Waals surface area contributed by atoms with Crippen LogP contribution in [0.4, 0.5) is 14.5 Å². The third-order valence-electron chi connectivity index (χ3n) is 6.47. The maximum absolute atomic E-state index is 14.6. The number of halogens is 2. The number of fused-ring (bicyclic) bond motifs is 1. The molecule has 1 aromatic heterocycles. The number of piperidine rings is 1. The average molecular weight is 458 g/mol. The predicted molar refractivity (Wildman–Crippen MR) is 115 cm³/mol. The Kier molecular flexibility index (Phi) is 6.12. The van der Waals surface area contributed by atoms with Crippen molar-refractivity contribution in [3.8, 4) is 6.07 Å². The molecular formula is C22H24F2N6O3. The Morgan fingerprint density at radius 1 is 1.30 bits per heavy atom. The van der Waals surface area contributed by atoms with Crippen LogP contribution in [0.15, 0.2) is 24.5 Å². The average Bonchev–Trinajstić information content (AvgIpc) is 3.13. The van der Waals surface area contributed by atoms with Crippen LogP contribution >= 0.6 is 0 Å². The Morgan fingerprint density at radius 2 is 2.03 bits per heavy atom. The minimum Gasteiger partial charge on any atom is -0.480 e. The quantitative estimate of drug-likeness (QED) is 0.615. The van der Waals surface area contributed by atoms with Crippen molar-refractivity contribution < 1.29 is 23.5 Å². The van der Waals surface area contributed by atoms with Gasteiger partial charge in [-0.3, -0.25) is 24.9 Å². The van der Waals surface area contributed by atoms with Gasteiger partial charge in [-0.1, -0.05) is 6.92 Å². The van der Waals surface area contributed by atoms with Crippen molar-refractivity contribution in [3.05, 3.63) is 30.1 Å². The van der Waals surface area contributed by atoms with E-state index in [4.69, 9.17) is 5.11 Å². The highest BCUT2D eigenvalue weighted by Crippen LogP contribution is 2.36. The Bertz CT molecular complexity index is 1120. The number of carboxylic acid groups (broad SMARTS) is 1. The normalized spacial score (nSPS) is 26.7. The van der Waals surface area contributed by atoms with Crippen LogP contribution in [0.25, 0.3) is 11.0 Å². The number of carbonyl (C=O) groups is 2. The largest absolute Gasteiger partial charge is 0.480 e. The van der Waals surface area contributed by atoms with E-state index in [2.05, 4.69) is 26.7 Å². The summed E-state index contributed by atoms with van der Waals surface area (Å²) >= 11 is 0. The first-order valence-electron chi connectivity index (χ1n) is 10.7. The molecule has 2 aliphatic rings. The summed E-state index contributed by atoms with van der Waals surface area (Å²) in [4.78, 5) is 34.5. The predicted octanol–water partition coefficient (Wildman–Crippen LogP) is 1.53. The van der Waals surface area contributed by atoms with E-state index in [1.165, 1.54) is 6.20 Å². The van der Waals surface area contributed by atoms with Crippen LogP contribution in [0.2, 0.25) is 0 Å². The van der Waals surface area contributed by atoms with Crippen molar-refractivity contribution in [2.75, 3.05) is 24.5 Å². The number of hydrogen-bond acceptors (Lipinski definition) is 7. The van der Waals surface area contributed by atoms with Gasteiger partial charge in [0.05, 0.1) is 17.3 Å². The summed E-state index contributed by atoms with van der Waals surface area (Å²) in [5.74, 6) is -6.96. The second-order valence-corrected chi connectivity index (χ2v) is 8.64. The molecule has 0 radical (unpaired) electrons. The molecule has 2 fully saturated rings. The van der Waals surface area contributed by atoms with E-state index in [-0.39, 0.29) is 24.9 Å². The van der Waals surface area contributed by atoms with Gasteiger partial charge in [-0.15, -0.1) is 0 Å². The summed E-state index contributed by atoms with van der Waals surface area (Å²) in [6.07, 6.45) is 2.66. The van der Waals surface area contributed by atoms with Gasteiger partial charge in [-0.2, -0.15) is 5.26 Å². The number of benzene rings is 1. The van der Waals surface area contributed by atoms with Crippen molar-refractivity contribution in [2.24, 2.45) is 11.8 Å². The Hall–Kier alpha value is -3.39. The molecule has 2 saturated heterocycles. The highest BCUT2D eigenvalue weighted by Gasteiger charge is 2.53. The van der Waals surface area contributed by atoms with Crippen LogP contribution in [-0.2, 0) is 9.59 Å². The van der Waals surface area contributed by atoms with E-state index in [0.29, 0.717) is 29.7 Å².